The predicted octanol–water partition coefficient (Wildman–Crippen LogP) is 2.23. The molecule has 148 valence electrons. The number of nitrogens with one attached hydrogen (secondary N) is 1. The number of benzene rings is 1. The highest BCUT2D eigenvalue weighted by Gasteiger charge is 2.42. The van der Waals surface area contributed by atoms with Crippen LogP contribution in [-0.4, -0.2) is 41.8 Å². The molecule has 2 aliphatic rings. The molecule has 2 bridgehead atoms. The van der Waals surface area contributed by atoms with Crippen molar-refractivity contribution in [1.29, 1.82) is 0 Å². The van der Waals surface area contributed by atoms with Crippen LogP contribution in [0.25, 0.3) is 0 Å². The van der Waals surface area contributed by atoms with Gasteiger partial charge in [-0.2, -0.15) is 0 Å². The summed E-state index contributed by atoms with van der Waals surface area (Å²) in [6.45, 7) is -0.0513. The third-order valence-electron chi connectivity index (χ3n) is 5.24. The zero-order valence-electron chi connectivity index (χ0n) is 14.8. The highest BCUT2D eigenvalue weighted by molar-refractivity contribution is 7.89. The van der Waals surface area contributed by atoms with Gasteiger partial charge in [-0.05, 0) is 31.0 Å². The second kappa shape index (κ2) is 7.38. The molecular weight excluding hydrogens is 407 g/mol. The lowest BCUT2D eigenvalue weighted by atomic mass is 9.99. The van der Waals surface area contributed by atoms with E-state index < -0.39 is 15.8 Å². The van der Waals surface area contributed by atoms with E-state index >= 15 is 0 Å². The van der Waals surface area contributed by atoms with Gasteiger partial charge in [0.25, 0.3) is 0 Å². The number of halogens is 2. The van der Waals surface area contributed by atoms with Gasteiger partial charge >= 0.3 is 0 Å². The minimum atomic E-state index is -3.88. The summed E-state index contributed by atoms with van der Waals surface area (Å²) < 4.78 is 40.3. The Hall–Kier alpha value is -2.10. The second-order valence-corrected chi connectivity index (χ2v) is 9.07. The number of nitrogens with zero attached hydrogens (tertiary/aromatic N) is 3. The molecule has 2 unspecified atom stereocenters. The van der Waals surface area contributed by atoms with Crippen LogP contribution in [0.5, 0.6) is 0 Å². The maximum atomic E-state index is 13.2. The molecule has 2 aromatic rings. The van der Waals surface area contributed by atoms with Gasteiger partial charge in [-0.25, -0.2) is 27.5 Å². The van der Waals surface area contributed by atoms with E-state index in [-0.39, 0.29) is 40.9 Å². The van der Waals surface area contributed by atoms with Gasteiger partial charge in [-0.1, -0.05) is 11.6 Å². The van der Waals surface area contributed by atoms with Crippen LogP contribution in [0, 0.1) is 5.82 Å². The summed E-state index contributed by atoms with van der Waals surface area (Å²) >= 11 is 5.65. The number of amides is 1. The molecule has 1 aromatic carbocycles. The average Bonchev–Trinajstić information content (AvgIpc) is 2.98. The lowest BCUT2D eigenvalue weighted by molar-refractivity contribution is -0.134. The van der Waals surface area contributed by atoms with E-state index in [1.807, 2.05) is 4.90 Å². The Morgan fingerprint density at radius 1 is 1.36 bits per heavy atom. The second-order valence-electron chi connectivity index (χ2n) is 6.90. The van der Waals surface area contributed by atoms with E-state index in [0.29, 0.717) is 6.42 Å². The van der Waals surface area contributed by atoms with Crippen molar-refractivity contribution in [2.24, 2.45) is 0 Å². The van der Waals surface area contributed by atoms with Gasteiger partial charge in [0.15, 0.2) is 0 Å². The molecule has 1 saturated heterocycles. The molecule has 2 atom stereocenters. The lowest BCUT2D eigenvalue weighted by Gasteiger charge is -2.35. The molecule has 1 amide bonds. The SMILES string of the molecule is O=C(CCNS(=O)(=O)c1ccc(F)c(Cl)c1)N1C2CCC1c1cncnc1C2. The molecule has 10 heteroatoms. The number of fused-ring (bicyclic) bond motifs is 4. The molecule has 1 aromatic heterocycles. The van der Waals surface area contributed by atoms with Crippen LogP contribution in [0.4, 0.5) is 4.39 Å². The molecule has 7 nitrogen and oxygen atoms in total. The Kier molecular flexibility index (Phi) is 5.07. The predicted molar refractivity (Wildman–Crippen MR) is 99.6 cm³/mol. The number of rotatable bonds is 5. The van der Waals surface area contributed by atoms with Crippen molar-refractivity contribution >= 4 is 27.5 Å². The first-order chi connectivity index (χ1) is 13.4. The first-order valence-corrected chi connectivity index (χ1v) is 10.8. The quantitative estimate of drug-likeness (QED) is 0.794. The Bertz CT molecular complexity index is 1030. The number of hydrogen-bond donors (Lipinski definition) is 1. The number of sulfonamides is 1. The van der Waals surface area contributed by atoms with E-state index in [2.05, 4.69) is 14.7 Å². The molecule has 1 N–H and O–H groups in total. The van der Waals surface area contributed by atoms with E-state index in [0.717, 1.165) is 42.3 Å². The molecule has 2 aliphatic heterocycles. The fourth-order valence-corrected chi connectivity index (χ4v) is 5.26. The largest absolute Gasteiger partial charge is 0.332 e. The fraction of sp³-hybridized carbons (Fsp3) is 0.389. The number of carbonyl (C=O) groups is 1. The molecule has 0 saturated carbocycles. The van der Waals surface area contributed by atoms with Gasteiger partial charge < -0.3 is 4.90 Å². The van der Waals surface area contributed by atoms with Crippen molar-refractivity contribution in [1.82, 2.24) is 19.6 Å². The van der Waals surface area contributed by atoms with E-state index in [4.69, 9.17) is 11.6 Å². The van der Waals surface area contributed by atoms with Crippen molar-refractivity contribution in [3.05, 3.63) is 52.8 Å². The van der Waals surface area contributed by atoms with Gasteiger partial charge in [-0.15, -0.1) is 0 Å². The molecule has 0 radical (unpaired) electrons. The van der Waals surface area contributed by atoms with Gasteiger partial charge in [0.1, 0.15) is 12.1 Å². The molecular formula is C18H18ClFN4O3S. The summed E-state index contributed by atoms with van der Waals surface area (Å²) in [4.78, 5) is 22.9. The molecule has 3 heterocycles. The molecule has 0 aliphatic carbocycles. The van der Waals surface area contributed by atoms with E-state index in [9.17, 15) is 17.6 Å². The number of aromatic nitrogens is 2. The monoisotopic (exact) mass is 424 g/mol. The van der Waals surface area contributed by atoms with E-state index in [1.54, 1.807) is 6.20 Å². The topological polar surface area (TPSA) is 92.3 Å². The summed E-state index contributed by atoms with van der Waals surface area (Å²) in [6, 6.07) is 3.21. The van der Waals surface area contributed by atoms with Crippen molar-refractivity contribution in [2.75, 3.05) is 6.54 Å². The first kappa shape index (κ1) is 19.2. The third-order valence-corrected chi connectivity index (χ3v) is 6.99. The van der Waals surface area contributed by atoms with Crippen molar-refractivity contribution in [3.8, 4) is 0 Å². The van der Waals surface area contributed by atoms with Crippen molar-refractivity contribution in [2.45, 2.75) is 42.7 Å². The van der Waals surface area contributed by atoms with Crippen LogP contribution in [0.2, 0.25) is 5.02 Å². The maximum absolute atomic E-state index is 13.2. The van der Waals surface area contributed by atoms with E-state index in [1.165, 1.54) is 6.33 Å². The minimum absolute atomic E-state index is 0.0319. The maximum Gasteiger partial charge on any atom is 0.240 e. The number of carbonyl (C=O) groups excluding carboxylic acids is 1. The normalized spacial score (nSPS) is 20.9. The fourth-order valence-electron chi connectivity index (χ4n) is 3.95. The molecule has 1 fully saturated rings. The number of hydrogen-bond acceptors (Lipinski definition) is 5. The van der Waals surface area contributed by atoms with Crippen LogP contribution < -0.4 is 4.72 Å². The van der Waals surface area contributed by atoms with Crippen LogP contribution in [0.3, 0.4) is 0 Å². The third kappa shape index (κ3) is 3.49. The van der Waals surface area contributed by atoms with Crippen LogP contribution in [-0.2, 0) is 21.2 Å². The summed E-state index contributed by atoms with van der Waals surface area (Å²) in [5.74, 6) is -0.803. The van der Waals surface area contributed by atoms with Gasteiger partial charge in [0.2, 0.25) is 15.9 Å². The standard InChI is InChI=1S/C18H18ClFN4O3S/c19-14-8-12(2-3-15(14)20)28(26,27)23-6-5-18(25)24-11-1-4-17(24)13-9-21-10-22-16(13)7-11/h2-3,8-11,17,23H,1,4-7H2. The highest BCUT2D eigenvalue weighted by atomic mass is 35.5. The van der Waals surface area contributed by atoms with Crippen LogP contribution >= 0.6 is 11.6 Å². The Morgan fingerprint density at radius 3 is 2.96 bits per heavy atom. The lowest BCUT2D eigenvalue weighted by Crippen LogP contribution is -2.43. The summed E-state index contributed by atoms with van der Waals surface area (Å²) in [7, 11) is -3.88. The zero-order chi connectivity index (χ0) is 19.9. The Morgan fingerprint density at radius 2 is 2.18 bits per heavy atom. The average molecular weight is 425 g/mol. The van der Waals surface area contributed by atoms with Gasteiger partial charge in [0, 0.05) is 37.2 Å². The Labute approximate surface area is 167 Å². The minimum Gasteiger partial charge on any atom is -0.332 e. The summed E-state index contributed by atoms with van der Waals surface area (Å²) in [6.07, 6.45) is 5.76. The van der Waals surface area contributed by atoms with Crippen LogP contribution in [0.15, 0.2) is 35.6 Å². The van der Waals surface area contributed by atoms with Gasteiger partial charge in [-0.3, -0.25) is 4.79 Å². The molecule has 28 heavy (non-hydrogen) atoms. The van der Waals surface area contributed by atoms with Crippen molar-refractivity contribution in [3.63, 3.8) is 0 Å². The summed E-state index contributed by atoms with van der Waals surface area (Å²) in [5, 5.41) is -0.273. The molecule has 0 spiro atoms. The zero-order valence-corrected chi connectivity index (χ0v) is 16.4. The summed E-state index contributed by atoms with van der Waals surface area (Å²) in [5.41, 5.74) is 1.96. The first-order valence-electron chi connectivity index (χ1n) is 8.91. The smallest absolute Gasteiger partial charge is 0.240 e. The van der Waals surface area contributed by atoms with Gasteiger partial charge in [0.05, 0.1) is 21.7 Å². The molecule has 4 rings (SSSR count). The highest BCUT2D eigenvalue weighted by Crippen LogP contribution is 2.42. The Balaban J connectivity index is 1.41. The van der Waals surface area contributed by atoms with Crippen LogP contribution in [0.1, 0.15) is 36.6 Å². The van der Waals surface area contributed by atoms with Crippen molar-refractivity contribution < 1.29 is 17.6 Å².